The summed E-state index contributed by atoms with van der Waals surface area (Å²) in [5.41, 5.74) is 0.0135. The molecule has 1 aromatic rings. The van der Waals surface area contributed by atoms with Crippen molar-refractivity contribution in [2.45, 2.75) is 0 Å². The van der Waals surface area contributed by atoms with Gasteiger partial charge in [-0.3, -0.25) is 4.79 Å². The van der Waals surface area contributed by atoms with Crippen molar-refractivity contribution in [3.63, 3.8) is 0 Å². The summed E-state index contributed by atoms with van der Waals surface area (Å²) in [4.78, 5) is 13.9. The van der Waals surface area contributed by atoms with Gasteiger partial charge in [-0.1, -0.05) is 0 Å². The molecule has 0 spiro atoms. The molecular formula is C13H17FN2O3. The van der Waals surface area contributed by atoms with E-state index in [1.807, 2.05) is 0 Å². The molecule has 0 atom stereocenters. The second kappa shape index (κ2) is 5.88. The summed E-state index contributed by atoms with van der Waals surface area (Å²) in [6, 6.07) is 2.56. The van der Waals surface area contributed by atoms with Gasteiger partial charge in [0.15, 0.2) is 11.5 Å². The molecule has 6 heteroatoms. The van der Waals surface area contributed by atoms with E-state index in [-0.39, 0.29) is 17.2 Å². The minimum absolute atomic E-state index is 0.0135. The Morgan fingerprint density at radius 3 is 2.37 bits per heavy atom. The van der Waals surface area contributed by atoms with Gasteiger partial charge in [0.05, 0.1) is 19.8 Å². The largest absolute Gasteiger partial charge is 0.493 e. The van der Waals surface area contributed by atoms with E-state index in [0.717, 1.165) is 13.1 Å². The maximum atomic E-state index is 14.0. The molecule has 1 N–H and O–H groups in total. The van der Waals surface area contributed by atoms with E-state index in [2.05, 4.69) is 5.32 Å². The van der Waals surface area contributed by atoms with Gasteiger partial charge in [0.2, 0.25) is 0 Å². The predicted octanol–water partition coefficient (Wildman–Crippen LogP) is 0.888. The van der Waals surface area contributed by atoms with E-state index in [9.17, 15) is 9.18 Å². The van der Waals surface area contributed by atoms with Crippen LogP contribution in [0.4, 0.5) is 4.39 Å². The van der Waals surface area contributed by atoms with Crippen LogP contribution in [0.15, 0.2) is 12.1 Å². The number of nitrogens with one attached hydrogen (secondary N) is 1. The Morgan fingerprint density at radius 1 is 1.21 bits per heavy atom. The second-order valence-electron chi connectivity index (χ2n) is 4.23. The number of carbonyl (C=O) groups is 1. The van der Waals surface area contributed by atoms with Gasteiger partial charge in [-0.2, -0.15) is 0 Å². The quantitative estimate of drug-likeness (QED) is 0.884. The van der Waals surface area contributed by atoms with Crippen LogP contribution < -0.4 is 14.8 Å². The highest BCUT2D eigenvalue weighted by atomic mass is 19.1. The first-order valence-electron chi connectivity index (χ1n) is 6.09. The predicted molar refractivity (Wildman–Crippen MR) is 68.3 cm³/mol. The minimum atomic E-state index is -0.596. The lowest BCUT2D eigenvalue weighted by atomic mass is 10.1. The monoisotopic (exact) mass is 268 g/mol. The Hall–Kier alpha value is -1.82. The lowest BCUT2D eigenvalue weighted by molar-refractivity contribution is 0.0730. The Bertz CT molecular complexity index is 473. The summed E-state index contributed by atoms with van der Waals surface area (Å²) in [6.07, 6.45) is 0. The smallest absolute Gasteiger partial charge is 0.257 e. The number of halogens is 1. The van der Waals surface area contributed by atoms with Crippen LogP contribution >= 0.6 is 0 Å². The van der Waals surface area contributed by atoms with E-state index in [4.69, 9.17) is 9.47 Å². The summed E-state index contributed by atoms with van der Waals surface area (Å²) >= 11 is 0. The third-order valence-corrected chi connectivity index (χ3v) is 3.11. The van der Waals surface area contributed by atoms with Gasteiger partial charge >= 0.3 is 0 Å². The summed E-state index contributed by atoms with van der Waals surface area (Å²) in [6.45, 7) is 2.60. The molecule has 1 aliphatic heterocycles. The number of benzene rings is 1. The maximum absolute atomic E-state index is 14.0. The van der Waals surface area contributed by atoms with E-state index in [1.165, 1.54) is 26.4 Å². The van der Waals surface area contributed by atoms with Gasteiger partial charge in [0, 0.05) is 32.2 Å². The lowest BCUT2D eigenvalue weighted by Crippen LogP contribution is -2.46. The third kappa shape index (κ3) is 2.78. The molecule has 0 aromatic heterocycles. The number of piperazine rings is 1. The topological polar surface area (TPSA) is 50.8 Å². The number of nitrogens with zero attached hydrogens (tertiary/aromatic N) is 1. The molecule has 104 valence electrons. The van der Waals surface area contributed by atoms with Crippen LogP contribution in [0.2, 0.25) is 0 Å². The SMILES string of the molecule is COc1cc(F)c(C(=O)N2CCNCC2)cc1OC. The molecule has 5 nitrogen and oxygen atoms in total. The normalized spacial score (nSPS) is 15.2. The van der Waals surface area contributed by atoms with Crippen molar-refractivity contribution in [3.8, 4) is 11.5 Å². The van der Waals surface area contributed by atoms with Crippen LogP contribution in [0.3, 0.4) is 0 Å². The van der Waals surface area contributed by atoms with Gasteiger partial charge < -0.3 is 19.7 Å². The van der Waals surface area contributed by atoms with Crippen LogP contribution in [0.5, 0.6) is 11.5 Å². The zero-order valence-corrected chi connectivity index (χ0v) is 11.0. The summed E-state index contributed by atoms with van der Waals surface area (Å²) in [5.74, 6) is -0.291. The summed E-state index contributed by atoms with van der Waals surface area (Å²) in [5, 5.41) is 3.14. The van der Waals surface area contributed by atoms with E-state index >= 15 is 0 Å². The van der Waals surface area contributed by atoms with Crippen LogP contribution in [-0.2, 0) is 0 Å². The fourth-order valence-electron chi connectivity index (χ4n) is 2.06. The van der Waals surface area contributed by atoms with Crippen LogP contribution in [-0.4, -0.2) is 51.2 Å². The lowest BCUT2D eigenvalue weighted by Gasteiger charge is -2.27. The van der Waals surface area contributed by atoms with E-state index in [1.54, 1.807) is 4.90 Å². The molecule has 1 aliphatic rings. The number of amides is 1. The first-order chi connectivity index (χ1) is 9.17. The molecule has 19 heavy (non-hydrogen) atoms. The molecule has 2 rings (SSSR count). The zero-order valence-electron chi connectivity index (χ0n) is 11.0. The second-order valence-corrected chi connectivity index (χ2v) is 4.23. The number of rotatable bonds is 3. The first-order valence-corrected chi connectivity index (χ1v) is 6.09. The molecule has 1 saturated heterocycles. The highest BCUT2D eigenvalue weighted by Gasteiger charge is 2.23. The number of methoxy groups -OCH3 is 2. The Labute approximate surface area is 111 Å². The molecule has 1 amide bonds. The molecular weight excluding hydrogens is 251 g/mol. The van der Waals surface area contributed by atoms with Crippen molar-refractivity contribution >= 4 is 5.91 Å². The number of ether oxygens (including phenoxy) is 2. The van der Waals surface area contributed by atoms with Crippen LogP contribution in [0.25, 0.3) is 0 Å². The third-order valence-electron chi connectivity index (χ3n) is 3.11. The van der Waals surface area contributed by atoms with Crippen molar-refractivity contribution in [3.05, 3.63) is 23.5 Å². The number of hydrogen-bond donors (Lipinski definition) is 1. The van der Waals surface area contributed by atoms with Gasteiger partial charge in [0.25, 0.3) is 5.91 Å². The van der Waals surface area contributed by atoms with Gasteiger partial charge in [-0.05, 0) is 6.07 Å². The van der Waals surface area contributed by atoms with Crippen molar-refractivity contribution in [2.24, 2.45) is 0 Å². The molecule has 0 radical (unpaired) electrons. The Kier molecular flexibility index (Phi) is 4.21. The summed E-state index contributed by atoms with van der Waals surface area (Å²) < 4.78 is 24.1. The van der Waals surface area contributed by atoms with Crippen LogP contribution in [0.1, 0.15) is 10.4 Å². The fraction of sp³-hybridized carbons (Fsp3) is 0.462. The molecule has 1 heterocycles. The first kappa shape index (κ1) is 13.6. The van der Waals surface area contributed by atoms with Crippen molar-refractivity contribution in [2.75, 3.05) is 40.4 Å². The van der Waals surface area contributed by atoms with Crippen molar-refractivity contribution in [1.82, 2.24) is 10.2 Å². The molecule has 0 aliphatic carbocycles. The highest BCUT2D eigenvalue weighted by Crippen LogP contribution is 2.30. The average molecular weight is 268 g/mol. The maximum Gasteiger partial charge on any atom is 0.257 e. The Balaban J connectivity index is 2.30. The highest BCUT2D eigenvalue weighted by molar-refractivity contribution is 5.95. The van der Waals surface area contributed by atoms with Gasteiger partial charge in [-0.15, -0.1) is 0 Å². The molecule has 0 unspecified atom stereocenters. The minimum Gasteiger partial charge on any atom is -0.493 e. The Morgan fingerprint density at radius 2 is 1.79 bits per heavy atom. The standard InChI is InChI=1S/C13H17FN2O3/c1-18-11-7-9(10(14)8-12(11)19-2)13(17)16-5-3-15-4-6-16/h7-8,15H,3-6H2,1-2H3. The molecule has 1 fully saturated rings. The van der Waals surface area contributed by atoms with Gasteiger partial charge in [0.1, 0.15) is 5.82 Å². The van der Waals surface area contributed by atoms with Crippen molar-refractivity contribution < 1.29 is 18.7 Å². The average Bonchev–Trinajstić information content (AvgIpc) is 2.47. The summed E-state index contributed by atoms with van der Waals surface area (Å²) in [7, 11) is 2.88. The molecule has 0 saturated carbocycles. The number of carbonyl (C=O) groups excluding carboxylic acids is 1. The van der Waals surface area contributed by atoms with E-state index < -0.39 is 5.82 Å². The fourth-order valence-corrected chi connectivity index (χ4v) is 2.06. The zero-order chi connectivity index (χ0) is 13.8. The van der Waals surface area contributed by atoms with Crippen molar-refractivity contribution in [1.29, 1.82) is 0 Å². The molecule has 1 aromatic carbocycles. The van der Waals surface area contributed by atoms with Gasteiger partial charge in [-0.25, -0.2) is 4.39 Å². The molecule has 0 bridgehead atoms. The number of hydrogen-bond acceptors (Lipinski definition) is 4. The van der Waals surface area contributed by atoms with Crippen LogP contribution in [0, 0.1) is 5.82 Å². The van der Waals surface area contributed by atoms with E-state index in [0.29, 0.717) is 18.8 Å².